The summed E-state index contributed by atoms with van der Waals surface area (Å²) in [4.78, 5) is 16.9. The van der Waals surface area contributed by atoms with E-state index in [9.17, 15) is 4.79 Å². The van der Waals surface area contributed by atoms with Gasteiger partial charge in [-0.1, -0.05) is 12.1 Å². The highest BCUT2D eigenvalue weighted by atomic mass is 32.2. The van der Waals surface area contributed by atoms with Crippen molar-refractivity contribution in [3.63, 3.8) is 0 Å². The number of carbonyl (C=O) groups is 1. The average molecular weight is 304 g/mol. The van der Waals surface area contributed by atoms with Crippen LogP contribution in [0, 0.1) is 0 Å². The summed E-state index contributed by atoms with van der Waals surface area (Å²) in [6.45, 7) is 2.02. The number of hydrogen-bond donors (Lipinski definition) is 1. The number of para-hydroxylation sites is 1. The highest BCUT2D eigenvalue weighted by Crippen LogP contribution is 2.31. The van der Waals surface area contributed by atoms with Crippen molar-refractivity contribution in [1.82, 2.24) is 4.98 Å². The molecule has 2 N–H and O–H groups in total. The summed E-state index contributed by atoms with van der Waals surface area (Å²) in [6, 6.07) is 9.08. The van der Waals surface area contributed by atoms with Gasteiger partial charge in [0, 0.05) is 11.0 Å². The minimum Gasteiger partial charge on any atom is -0.462 e. The van der Waals surface area contributed by atoms with Crippen LogP contribution in [0.5, 0.6) is 11.6 Å². The highest BCUT2D eigenvalue weighted by Gasteiger charge is 2.14. The number of nitrogens with zero attached hydrogens (tertiary/aromatic N) is 1. The van der Waals surface area contributed by atoms with Crippen molar-refractivity contribution < 1.29 is 14.3 Å². The smallest absolute Gasteiger partial charge is 0.340 e. The fourth-order valence-corrected chi connectivity index (χ4v) is 2.23. The Hall–Kier alpha value is -2.21. The molecule has 0 saturated heterocycles. The summed E-state index contributed by atoms with van der Waals surface area (Å²) in [5.41, 5.74) is 6.26. The Morgan fingerprint density at radius 1 is 1.38 bits per heavy atom. The number of aromatic nitrogens is 1. The van der Waals surface area contributed by atoms with E-state index in [2.05, 4.69) is 4.98 Å². The van der Waals surface area contributed by atoms with Crippen molar-refractivity contribution in [3.8, 4) is 11.6 Å². The summed E-state index contributed by atoms with van der Waals surface area (Å²) in [7, 11) is 0. The molecule has 5 nitrogen and oxygen atoms in total. The van der Waals surface area contributed by atoms with Gasteiger partial charge < -0.3 is 15.2 Å². The average Bonchev–Trinajstić information content (AvgIpc) is 2.50. The molecule has 0 fully saturated rings. The van der Waals surface area contributed by atoms with E-state index in [0.717, 1.165) is 4.90 Å². The van der Waals surface area contributed by atoms with Crippen LogP contribution < -0.4 is 10.5 Å². The first-order valence-corrected chi connectivity index (χ1v) is 7.61. The molecule has 0 unspecified atom stereocenters. The van der Waals surface area contributed by atoms with E-state index in [1.807, 2.05) is 30.5 Å². The molecule has 1 aromatic carbocycles. The molecule has 0 aliphatic rings. The molecule has 0 saturated carbocycles. The molecular formula is C15H16N2O3S. The van der Waals surface area contributed by atoms with Crippen molar-refractivity contribution in [2.75, 3.05) is 18.6 Å². The number of rotatable bonds is 5. The minimum absolute atomic E-state index is 0.253. The summed E-state index contributed by atoms with van der Waals surface area (Å²) in [6.07, 6.45) is 3.35. The molecule has 2 aromatic rings. The van der Waals surface area contributed by atoms with E-state index < -0.39 is 5.97 Å². The van der Waals surface area contributed by atoms with Gasteiger partial charge in [0.2, 0.25) is 5.88 Å². The number of ether oxygens (including phenoxy) is 2. The van der Waals surface area contributed by atoms with Crippen molar-refractivity contribution in [1.29, 1.82) is 0 Å². The van der Waals surface area contributed by atoms with Crippen LogP contribution in [0.3, 0.4) is 0 Å². The number of carbonyl (C=O) groups excluding carboxylic acids is 1. The normalized spacial score (nSPS) is 10.2. The number of benzene rings is 1. The van der Waals surface area contributed by atoms with Crippen molar-refractivity contribution >= 4 is 23.4 Å². The molecule has 2 rings (SSSR count). The SMILES string of the molecule is CCOC(=O)c1cc(Oc2ccccc2SC)ncc1N. The van der Waals surface area contributed by atoms with Crippen LogP contribution in [0.2, 0.25) is 0 Å². The van der Waals surface area contributed by atoms with Gasteiger partial charge in [-0.2, -0.15) is 0 Å². The predicted octanol–water partition coefficient (Wildman–Crippen LogP) is 3.35. The zero-order valence-electron chi connectivity index (χ0n) is 11.8. The molecule has 6 heteroatoms. The second-order valence-corrected chi connectivity index (χ2v) is 4.93. The lowest BCUT2D eigenvalue weighted by Crippen LogP contribution is -2.08. The van der Waals surface area contributed by atoms with Crippen molar-refractivity contribution in [2.45, 2.75) is 11.8 Å². The number of anilines is 1. The Morgan fingerprint density at radius 3 is 2.86 bits per heavy atom. The molecule has 1 heterocycles. The lowest BCUT2D eigenvalue weighted by atomic mass is 10.2. The van der Waals surface area contributed by atoms with Crippen LogP contribution in [0.4, 0.5) is 5.69 Å². The number of hydrogen-bond acceptors (Lipinski definition) is 6. The lowest BCUT2D eigenvalue weighted by molar-refractivity contribution is 0.0527. The third-order valence-electron chi connectivity index (χ3n) is 2.69. The third kappa shape index (κ3) is 3.66. The predicted molar refractivity (Wildman–Crippen MR) is 82.9 cm³/mol. The molecule has 1 aromatic heterocycles. The number of esters is 1. The minimum atomic E-state index is -0.486. The summed E-state index contributed by atoms with van der Waals surface area (Å²) in [5.74, 6) is 0.492. The molecule has 0 spiro atoms. The van der Waals surface area contributed by atoms with Gasteiger partial charge in [0.15, 0.2) is 0 Å². The molecule has 0 bridgehead atoms. The number of thioether (sulfide) groups is 1. The van der Waals surface area contributed by atoms with E-state index in [4.69, 9.17) is 15.2 Å². The molecule has 0 atom stereocenters. The topological polar surface area (TPSA) is 74.4 Å². The Morgan fingerprint density at radius 2 is 2.14 bits per heavy atom. The maximum atomic E-state index is 11.8. The van der Waals surface area contributed by atoms with Gasteiger partial charge in [-0.3, -0.25) is 0 Å². The molecular weight excluding hydrogens is 288 g/mol. The highest BCUT2D eigenvalue weighted by molar-refractivity contribution is 7.98. The van der Waals surface area contributed by atoms with Crippen LogP contribution in [0.1, 0.15) is 17.3 Å². The summed E-state index contributed by atoms with van der Waals surface area (Å²) >= 11 is 1.57. The quantitative estimate of drug-likeness (QED) is 0.674. The largest absolute Gasteiger partial charge is 0.462 e. The molecule has 0 aliphatic carbocycles. The monoisotopic (exact) mass is 304 g/mol. The van der Waals surface area contributed by atoms with Gasteiger partial charge in [0.05, 0.1) is 24.1 Å². The first-order chi connectivity index (χ1) is 10.2. The Balaban J connectivity index is 2.29. The molecule has 0 aliphatic heterocycles. The first-order valence-electron chi connectivity index (χ1n) is 6.39. The molecule has 21 heavy (non-hydrogen) atoms. The van der Waals surface area contributed by atoms with E-state index in [1.165, 1.54) is 12.3 Å². The van der Waals surface area contributed by atoms with Crippen LogP contribution in [-0.4, -0.2) is 23.8 Å². The zero-order valence-corrected chi connectivity index (χ0v) is 12.6. The van der Waals surface area contributed by atoms with Crippen LogP contribution in [0.15, 0.2) is 41.4 Å². The van der Waals surface area contributed by atoms with E-state index in [-0.39, 0.29) is 17.9 Å². The zero-order chi connectivity index (χ0) is 15.2. The van der Waals surface area contributed by atoms with E-state index in [0.29, 0.717) is 11.6 Å². The lowest BCUT2D eigenvalue weighted by Gasteiger charge is -2.10. The van der Waals surface area contributed by atoms with E-state index in [1.54, 1.807) is 18.7 Å². The standard InChI is InChI=1S/C15H16N2O3S/c1-3-19-15(18)10-8-14(17-9-11(10)16)20-12-6-4-5-7-13(12)21-2/h4-9H,3,16H2,1-2H3. The number of nitrogens with two attached hydrogens (primary N) is 1. The van der Waals surface area contributed by atoms with Crippen LogP contribution >= 0.6 is 11.8 Å². The maximum absolute atomic E-state index is 11.8. The van der Waals surface area contributed by atoms with Crippen molar-refractivity contribution in [3.05, 3.63) is 42.1 Å². The van der Waals surface area contributed by atoms with Crippen LogP contribution in [-0.2, 0) is 4.74 Å². The summed E-state index contributed by atoms with van der Waals surface area (Å²) in [5, 5.41) is 0. The number of pyridine rings is 1. The fourth-order valence-electron chi connectivity index (χ4n) is 1.70. The summed E-state index contributed by atoms with van der Waals surface area (Å²) < 4.78 is 10.7. The fraction of sp³-hybridized carbons (Fsp3) is 0.200. The Kier molecular flexibility index (Phi) is 5.05. The van der Waals surface area contributed by atoms with Crippen molar-refractivity contribution in [2.24, 2.45) is 0 Å². The second-order valence-electron chi connectivity index (χ2n) is 4.08. The number of nitrogen functional groups attached to an aromatic ring is 1. The molecule has 0 amide bonds. The van der Waals surface area contributed by atoms with Gasteiger partial charge in [0.25, 0.3) is 0 Å². The van der Waals surface area contributed by atoms with E-state index >= 15 is 0 Å². The van der Waals surface area contributed by atoms with Crippen LogP contribution in [0.25, 0.3) is 0 Å². The van der Waals surface area contributed by atoms with Gasteiger partial charge in [0.1, 0.15) is 5.75 Å². The first kappa shape index (κ1) is 15.2. The third-order valence-corrected chi connectivity index (χ3v) is 3.47. The molecule has 0 radical (unpaired) electrons. The Labute approximate surface area is 127 Å². The second kappa shape index (κ2) is 6.99. The maximum Gasteiger partial charge on any atom is 0.340 e. The van der Waals surface area contributed by atoms with Gasteiger partial charge >= 0.3 is 5.97 Å². The van der Waals surface area contributed by atoms with Gasteiger partial charge in [-0.05, 0) is 25.3 Å². The Bertz CT molecular complexity index is 647. The van der Waals surface area contributed by atoms with Gasteiger partial charge in [-0.15, -0.1) is 11.8 Å². The van der Waals surface area contributed by atoms with Gasteiger partial charge in [-0.25, -0.2) is 9.78 Å². The molecule has 110 valence electrons.